The van der Waals surface area contributed by atoms with E-state index >= 15 is 0 Å². The summed E-state index contributed by atoms with van der Waals surface area (Å²) in [5.74, 6) is -1.19. The fraction of sp³-hybridized carbons (Fsp3) is 0.500. The Bertz CT molecular complexity index is 44.1. The number of aliphatic hydroxyl groups is 1. The van der Waals surface area contributed by atoms with Crippen LogP contribution in [0.1, 0.15) is 0 Å². The summed E-state index contributed by atoms with van der Waals surface area (Å²) in [4.78, 5) is 9.12. The van der Waals surface area contributed by atoms with Gasteiger partial charge in [0.1, 0.15) is 6.61 Å². The third-order valence-electron chi connectivity index (χ3n) is 0.135. The van der Waals surface area contributed by atoms with Gasteiger partial charge in [0.25, 0.3) is 0 Å². The molecular weight excluding hydrogens is 145 g/mol. The first kappa shape index (κ1) is 9.36. The van der Waals surface area contributed by atoms with Crippen LogP contribution in [0.5, 0.6) is 0 Å². The van der Waals surface area contributed by atoms with E-state index < -0.39 is 12.6 Å². The smallest absolute Gasteiger partial charge is 0.329 e. The van der Waals surface area contributed by atoms with Crippen LogP contribution in [0.4, 0.5) is 0 Å². The van der Waals surface area contributed by atoms with E-state index in [0.29, 0.717) is 0 Å². The van der Waals surface area contributed by atoms with Gasteiger partial charge in [-0.3, -0.25) is 0 Å². The molecule has 6 heavy (non-hydrogen) atoms. The second-order valence-corrected chi connectivity index (χ2v) is 0.552. The standard InChI is InChI=1S/C2H4O3.Ge/c3-1-2(4)5;/h3H,1H2,(H,4,5);. The van der Waals surface area contributed by atoms with Gasteiger partial charge in [0.05, 0.1) is 0 Å². The summed E-state index contributed by atoms with van der Waals surface area (Å²) >= 11 is 0. The minimum Gasteiger partial charge on any atom is -0.480 e. The van der Waals surface area contributed by atoms with Crippen LogP contribution in [0, 0.1) is 0 Å². The van der Waals surface area contributed by atoms with Crippen molar-refractivity contribution in [1.82, 2.24) is 0 Å². The number of carboxylic acids is 1. The molecule has 34 valence electrons. The number of aliphatic carboxylic acids is 1. The first-order valence-electron chi connectivity index (χ1n) is 1.10. The quantitative estimate of drug-likeness (QED) is 0.454. The number of rotatable bonds is 1. The van der Waals surface area contributed by atoms with E-state index in [0.717, 1.165) is 0 Å². The molecule has 0 heterocycles. The minimum atomic E-state index is -1.19. The van der Waals surface area contributed by atoms with E-state index in [2.05, 4.69) is 0 Å². The van der Waals surface area contributed by atoms with Gasteiger partial charge in [0.2, 0.25) is 0 Å². The molecule has 0 saturated heterocycles. The van der Waals surface area contributed by atoms with Crippen molar-refractivity contribution in [1.29, 1.82) is 0 Å². The average Bonchev–Trinajstić information content (AvgIpc) is 1.38. The SMILES string of the molecule is O=C(O)CO.[Ge]. The predicted octanol–water partition coefficient (Wildman–Crippen LogP) is -1.32. The van der Waals surface area contributed by atoms with Gasteiger partial charge in [0, 0.05) is 17.6 Å². The zero-order valence-corrected chi connectivity index (χ0v) is 5.11. The second-order valence-electron chi connectivity index (χ2n) is 0.552. The Morgan fingerprint density at radius 3 is 1.83 bits per heavy atom. The molecule has 0 saturated carbocycles. The molecule has 0 rings (SSSR count). The molecule has 0 spiro atoms. The molecular formula is C2H4GeO3. The molecule has 0 fully saturated rings. The van der Waals surface area contributed by atoms with E-state index in [1.807, 2.05) is 0 Å². The zero-order valence-electron chi connectivity index (χ0n) is 3.01. The molecule has 0 amide bonds. The Kier molecular flexibility index (Phi) is 7.76. The third kappa shape index (κ3) is 9.02. The van der Waals surface area contributed by atoms with Crippen molar-refractivity contribution in [2.75, 3.05) is 6.61 Å². The fourth-order valence-corrected chi connectivity index (χ4v) is 0. The van der Waals surface area contributed by atoms with Crippen LogP contribution in [0.3, 0.4) is 0 Å². The molecule has 0 aromatic carbocycles. The summed E-state index contributed by atoms with van der Waals surface area (Å²) in [6, 6.07) is 0. The van der Waals surface area contributed by atoms with Gasteiger partial charge < -0.3 is 10.2 Å². The Morgan fingerprint density at radius 2 is 1.83 bits per heavy atom. The summed E-state index contributed by atoms with van der Waals surface area (Å²) < 4.78 is 0. The molecule has 3 nitrogen and oxygen atoms in total. The van der Waals surface area contributed by atoms with Crippen LogP contribution in [0.15, 0.2) is 0 Å². The largest absolute Gasteiger partial charge is 0.480 e. The molecule has 4 heteroatoms. The molecule has 0 aliphatic heterocycles. The summed E-state index contributed by atoms with van der Waals surface area (Å²) in [5, 5.41) is 15.0. The Balaban J connectivity index is 0. The van der Waals surface area contributed by atoms with Crippen molar-refractivity contribution in [2.24, 2.45) is 0 Å². The molecule has 0 aromatic rings. The van der Waals surface area contributed by atoms with E-state index in [1.165, 1.54) is 0 Å². The maximum absolute atomic E-state index is 9.12. The van der Waals surface area contributed by atoms with E-state index in [-0.39, 0.29) is 17.6 Å². The van der Waals surface area contributed by atoms with Crippen LogP contribution in [0.25, 0.3) is 0 Å². The molecule has 2 N–H and O–H groups in total. The van der Waals surface area contributed by atoms with Gasteiger partial charge in [-0.15, -0.1) is 0 Å². The average molecular weight is 149 g/mol. The summed E-state index contributed by atoms with van der Waals surface area (Å²) in [5.41, 5.74) is 0. The zero-order chi connectivity index (χ0) is 4.28. The van der Waals surface area contributed by atoms with Gasteiger partial charge in [-0.2, -0.15) is 0 Å². The van der Waals surface area contributed by atoms with Crippen LogP contribution < -0.4 is 0 Å². The number of hydrogen-bond acceptors (Lipinski definition) is 2. The van der Waals surface area contributed by atoms with Crippen molar-refractivity contribution >= 4 is 23.6 Å². The normalized spacial score (nSPS) is 6.17. The van der Waals surface area contributed by atoms with Gasteiger partial charge in [-0.25, -0.2) is 4.79 Å². The predicted molar refractivity (Wildman–Crippen MR) is 20.5 cm³/mol. The number of aliphatic hydroxyl groups excluding tert-OH is 1. The fourth-order valence-electron chi connectivity index (χ4n) is 0. The maximum Gasteiger partial charge on any atom is 0.329 e. The van der Waals surface area contributed by atoms with E-state index in [1.54, 1.807) is 0 Å². The molecule has 0 bridgehead atoms. The Morgan fingerprint density at radius 1 is 1.67 bits per heavy atom. The van der Waals surface area contributed by atoms with Crippen LogP contribution in [-0.4, -0.2) is 40.4 Å². The molecule has 0 aliphatic rings. The van der Waals surface area contributed by atoms with Gasteiger partial charge in [-0.05, 0) is 0 Å². The third-order valence-corrected chi connectivity index (χ3v) is 0.135. The van der Waals surface area contributed by atoms with Gasteiger partial charge in [0.15, 0.2) is 0 Å². The number of hydrogen-bond donors (Lipinski definition) is 2. The van der Waals surface area contributed by atoms with Gasteiger partial charge >= 0.3 is 5.97 Å². The summed E-state index contributed by atoms with van der Waals surface area (Å²) in [6.45, 7) is -0.778. The van der Waals surface area contributed by atoms with E-state index in [4.69, 9.17) is 15.0 Å². The van der Waals surface area contributed by atoms with Crippen molar-refractivity contribution in [3.63, 3.8) is 0 Å². The number of carbonyl (C=O) groups is 1. The molecule has 0 aliphatic carbocycles. The van der Waals surface area contributed by atoms with Crippen molar-refractivity contribution in [3.05, 3.63) is 0 Å². The molecule has 4 radical (unpaired) electrons. The topological polar surface area (TPSA) is 57.5 Å². The molecule has 0 aromatic heterocycles. The second kappa shape index (κ2) is 4.97. The first-order valence-corrected chi connectivity index (χ1v) is 1.10. The van der Waals surface area contributed by atoms with Crippen molar-refractivity contribution in [3.8, 4) is 0 Å². The van der Waals surface area contributed by atoms with Crippen molar-refractivity contribution < 1.29 is 15.0 Å². The van der Waals surface area contributed by atoms with Crippen LogP contribution in [0.2, 0.25) is 0 Å². The van der Waals surface area contributed by atoms with Crippen molar-refractivity contribution in [2.45, 2.75) is 0 Å². The van der Waals surface area contributed by atoms with Crippen LogP contribution in [-0.2, 0) is 4.79 Å². The Hall–Kier alpha value is -0.0271. The monoisotopic (exact) mass is 150 g/mol. The molecule has 0 atom stereocenters. The maximum atomic E-state index is 9.12. The number of carboxylic acid groups (broad SMARTS) is 1. The summed E-state index contributed by atoms with van der Waals surface area (Å²) in [6.07, 6.45) is 0. The van der Waals surface area contributed by atoms with E-state index in [9.17, 15) is 0 Å². The van der Waals surface area contributed by atoms with Crippen LogP contribution >= 0.6 is 0 Å². The minimum absolute atomic E-state index is 0. The Labute approximate surface area is 46.0 Å². The first-order chi connectivity index (χ1) is 2.27. The summed E-state index contributed by atoms with van der Waals surface area (Å²) in [7, 11) is 0. The molecule has 0 unspecified atom stereocenters. The van der Waals surface area contributed by atoms with Gasteiger partial charge in [-0.1, -0.05) is 0 Å².